The first-order valence-electron chi connectivity index (χ1n) is 8.55. The van der Waals surface area contributed by atoms with E-state index in [0.29, 0.717) is 5.16 Å². The third-order valence-corrected chi connectivity index (χ3v) is 6.21. The molecule has 1 N–H and O–H groups in total. The Hall–Kier alpha value is -2.72. The largest absolute Gasteiger partial charge is 0.320 e. The average Bonchev–Trinajstić information content (AvgIpc) is 3.22. The SMILES string of the molecule is CCc1c(-c2nnc(SCC(=O)Nc3ccccc3[N+](=O)[O-])n2C)csc1C. The maximum Gasteiger partial charge on any atom is 0.292 e. The van der Waals surface area contributed by atoms with Gasteiger partial charge in [0.2, 0.25) is 5.91 Å². The molecule has 0 fully saturated rings. The molecular formula is C18H19N5O3S2. The maximum atomic E-state index is 12.2. The molecular weight excluding hydrogens is 398 g/mol. The predicted molar refractivity (Wildman–Crippen MR) is 111 cm³/mol. The van der Waals surface area contributed by atoms with Crippen molar-refractivity contribution < 1.29 is 9.72 Å². The number of para-hydroxylation sites is 2. The molecule has 0 aliphatic heterocycles. The molecule has 0 spiro atoms. The molecule has 8 nitrogen and oxygen atoms in total. The van der Waals surface area contributed by atoms with Gasteiger partial charge in [0.15, 0.2) is 11.0 Å². The van der Waals surface area contributed by atoms with E-state index in [9.17, 15) is 14.9 Å². The number of thiophene rings is 1. The number of benzene rings is 1. The van der Waals surface area contributed by atoms with Crippen molar-refractivity contribution in [2.24, 2.45) is 7.05 Å². The number of hydrogen-bond donors (Lipinski definition) is 1. The summed E-state index contributed by atoms with van der Waals surface area (Å²) in [5.41, 5.74) is 2.36. The van der Waals surface area contributed by atoms with Crippen molar-refractivity contribution in [1.82, 2.24) is 14.8 Å². The molecule has 0 saturated carbocycles. The topological polar surface area (TPSA) is 103 Å². The van der Waals surface area contributed by atoms with Crippen LogP contribution in [-0.4, -0.2) is 31.3 Å². The second kappa shape index (κ2) is 8.53. The van der Waals surface area contributed by atoms with Crippen molar-refractivity contribution in [3.63, 3.8) is 0 Å². The van der Waals surface area contributed by atoms with Crippen LogP contribution < -0.4 is 5.32 Å². The summed E-state index contributed by atoms with van der Waals surface area (Å²) in [4.78, 5) is 24.0. The van der Waals surface area contributed by atoms with E-state index >= 15 is 0 Å². The number of rotatable bonds is 7. The minimum atomic E-state index is -0.522. The van der Waals surface area contributed by atoms with Crippen LogP contribution in [0.4, 0.5) is 11.4 Å². The van der Waals surface area contributed by atoms with Crippen molar-refractivity contribution in [2.45, 2.75) is 25.4 Å². The molecule has 0 saturated heterocycles. The van der Waals surface area contributed by atoms with E-state index in [1.165, 1.54) is 34.3 Å². The number of anilines is 1. The summed E-state index contributed by atoms with van der Waals surface area (Å²) in [6.45, 7) is 4.20. The summed E-state index contributed by atoms with van der Waals surface area (Å²) in [6, 6.07) is 6.05. The van der Waals surface area contributed by atoms with Gasteiger partial charge in [0.1, 0.15) is 5.69 Å². The van der Waals surface area contributed by atoms with Crippen LogP contribution in [0.5, 0.6) is 0 Å². The van der Waals surface area contributed by atoms with Crippen molar-refractivity contribution in [1.29, 1.82) is 0 Å². The van der Waals surface area contributed by atoms with E-state index in [-0.39, 0.29) is 23.0 Å². The van der Waals surface area contributed by atoms with Gasteiger partial charge in [0.25, 0.3) is 5.69 Å². The molecule has 3 rings (SSSR count). The predicted octanol–water partition coefficient (Wildman–Crippen LogP) is 4.05. The average molecular weight is 418 g/mol. The van der Waals surface area contributed by atoms with Gasteiger partial charge in [-0.05, 0) is 25.0 Å². The monoisotopic (exact) mass is 417 g/mol. The normalized spacial score (nSPS) is 10.8. The standard InChI is InChI=1S/C18H19N5O3S2/c1-4-12-11(2)27-9-13(12)17-20-21-18(22(17)3)28-10-16(24)19-14-7-5-6-8-15(14)23(25)26/h5-9H,4,10H2,1-3H3,(H,19,24). The lowest BCUT2D eigenvalue weighted by atomic mass is 10.1. The van der Waals surface area contributed by atoms with E-state index in [4.69, 9.17) is 0 Å². The van der Waals surface area contributed by atoms with Crippen LogP contribution in [0, 0.1) is 17.0 Å². The van der Waals surface area contributed by atoms with Crippen LogP contribution in [-0.2, 0) is 18.3 Å². The van der Waals surface area contributed by atoms with Gasteiger partial charge in [-0.2, -0.15) is 0 Å². The number of nitrogens with one attached hydrogen (secondary N) is 1. The zero-order valence-electron chi connectivity index (χ0n) is 15.6. The van der Waals surface area contributed by atoms with E-state index in [1.54, 1.807) is 23.5 Å². The second-order valence-corrected chi connectivity index (χ2v) is 8.04. The molecule has 0 aliphatic carbocycles. The molecule has 0 bridgehead atoms. The number of nitrogens with zero attached hydrogens (tertiary/aromatic N) is 4. The molecule has 10 heteroatoms. The molecule has 0 unspecified atom stereocenters. The van der Waals surface area contributed by atoms with Crippen LogP contribution in [0.1, 0.15) is 17.4 Å². The van der Waals surface area contributed by atoms with E-state index < -0.39 is 4.92 Å². The first kappa shape index (κ1) is 20.0. The van der Waals surface area contributed by atoms with Crippen molar-refractivity contribution in [3.05, 3.63) is 50.2 Å². The number of hydrogen-bond acceptors (Lipinski definition) is 7. The van der Waals surface area contributed by atoms with Gasteiger partial charge < -0.3 is 9.88 Å². The number of nitro groups is 1. The molecule has 3 aromatic rings. The number of carbonyl (C=O) groups is 1. The highest BCUT2D eigenvalue weighted by Gasteiger charge is 2.18. The van der Waals surface area contributed by atoms with Crippen molar-refractivity contribution in [2.75, 3.05) is 11.1 Å². The minimum absolute atomic E-state index is 0.0708. The van der Waals surface area contributed by atoms with Gasteiger partial charge in [-0.25, -0.2) is 0 Å². The molecule has 0 atom stereocenters. The number of aromatic nitrogens is 3. The van der Waals surface area contributed by atoms with Crippen molar-refractivity contribution in [3.8, 4) is 11.4 Å². The van der Waals surface area contributed by atoms with Crippen LogP contribution in [0.15, 0.2) is 34.8 Å². The first-order valence-corrected chi connectivity index (χ1v) is 10.4. The summed E-state index contributed by atoms with van der Waals surface area (Å²) in [5, 5.41) is 24.8. The highest BCUT2D eigenvalue weighted by Crippen LogP contribution is 2.32. The lowest BCUT2D eigenvalue weighted by Crippen LogP contribution is -2.15. The van der Waals surface area contributed by atoms with Crippen molar-refractivity contribution >= 4 is 40.4 Å². The fourth-order valence-electron chi connectivity index (χ4n) is 2.84. The zero-order valence-corrected chi connectivity index (χ0v) is 17.3. The Morgan fingerprint density at radius 3 is 2.82 bits per heavy atom. The molecule has 1 aromatic carbocycles. The lowest BCUT2D eigenvalue weighted by molar-refractivity contribution is -0.383. The Bertz CT molecular complexity index is 1030. The number of amides is 1. The zero-order chi connectivity index (χ0) is 20.3. The molecule has 1 amide bonds. The number of aryl methyl sites for hydroxylation is 1. The quantitative estimate of drug-likeness (QED) is 0.353. The molecule has 2 heterocycles. The maximum absolute atomic E-state index is 12.2. The third-order valence-electron chi connectivity index (χ3n) is 4.24. The van der Waals surface area contributed by atoms with Crippen LogP contribution in [0.25, 0.3) is 11.4 Å². The van der Waals surface area contributed by atoms with Gasteiger partial charge in [0, 0.05) is 28.9 Å². The Morgan fingerprint density at radius 2 is 2.11 bits per heavy atom. The summed E-state index contributed by atoms with van der Waals surface area (Å²) in [5.74, 6) is 0.494. The summed E-state index contributed by atoms with van der Waals surface area (Å²) < 4.78 is 1.86. The molecule has 2 aromatic heterocycles. The van der Waals surface area contributed by atoms with Gasteiger partial charge >= 0.3 is 0 Å². The number of nitro benzene ring substituents is 1. The highest BCUT2D eigenvalue weighted by molar-refractivity contribution is 7.99. The van der Waals surface area contributed by atoms with E-state index in [1.807, 2.05) is 11.6 Å². The fourth-order valence-corrected chi connectivity index (χ4v) is 4.49. The third kappa shape index (κ3) is 4.07. The van der Waals surface area contributed by atoms with Gasteiger partial charge in [-0.3, -0.25) is 14.9 Å². The summed E-state index contributed by atoms with van der Waals surface area (Å²) in [6.07, 6.45) is 0.915. The van der Waals surface area contributed by atoms with Crippen LogP contribution in [0.3, 0.4) is 0 Å². The van der Waals surface area contributed by atoms with Gasteiger partial charge in [-0.15, -0.1) is 21.5 Å². The second-order valence-electron chi connectivity index (χ2n) is 6.01. The molecule has 28 heavy (non-hydrogen) atoms. The Morgan fingerprint density at radius 1 is 1.36 bits per heavy atom. The Balaban J connectivity index is 1.70. The van der Waals surface area contributed by atoms with Gasteiger partial charge in [-0.1, -0.05) is 30.8 Å². The molecule has 0 aliphatic rings. The van der Waals surface area contributed by atoms with Crippen LogP contribution >= 0.6 is 23.1 Å². The van der Waals surface area contributed by atoms with E-state index in [2.05, 4.69) is 34.7 Å². The van der Waals surface area contributed by atoms with Crippen LogP contribution in [0.2, 0.25) is 0 Å². The summed E-state index contributed by atoms with van der Waals surface area (Å²) in [7, 11) is 1.87. The minimum Gasteiger partial charge on any atom is -0.320 e. The number of thioether (sulfide) groups is 1. The Labute approximate surface area is 170 Å². The first-order chi connectivity index (χ1) is 13.4. The summed E-state index contributed by atoms with van der Waals surface area (Å²) >= 11 is 2.92. The van der Waals surface area contributed by atoms with E-state index in [0.717, 1.165) is 17.8 Å². The van der Waals surface area contributed by atoms with Gasteiger partial charge in [0.05, 0.1) is 10.7 Å². The molecule has 146 valence electrons. The number of carbonyl (C=O) groups excluding carboxylic acids is 1. The highest BCUT2D eigenvalue weighted by atomic mass is 32.2. The fraction of sp³-hybridized carbons (Fsp3) is 0.278. The smallest absolute Gasteiger partial charge is 0.292 e. The molecule has 0 radical (unpaired) electrons. The Kier molecular flexibility index (Phi) is 6.10. The lowest BCUT2D eigenvalue weighted by Gasteiger charge is -2.06.